The summed E-state index contributed by atoms with van der Waals surface area (Å²) in [5, 5.41) is 7.07. The second kappa shape index (κ2) is 11.0. The predicted molar refractivity (Wildman–Crippen MR) is 147 cm³/mol. The first-order valence-corrected chi connectivity index (χ1v) is 14.2. The molecule has 198 valence electrons. The predicted octanol–water partition coefficient (Wildman–Crippen LogP) is 5.05. The Hall–Kier alpha value is -3.63. The SMILES string of the molecule is CCc1cc(-c2ccc(NS(=O)(=O)Cc3ccccc3)c(F)c2)cc2cnc(N[C@@H]3CNC[C@@H](F)C3)nc12. The molecular weight excluding hydrogens is 508 g/mol. The van der Waals surface area contributed by atoms with Crippen LogP contribution in [-0.2, 0) is 22.2 Å². The highest BCUT2D eigenvalue weighted by Crippen LogP contribution is 2.30. The molecule has 2 atom stereocenters. The van der Waals surface area contributed by atoms with E-state index in [-0.39, 0.29) is 17.5 Å². The number of aromatic nitrogens is 2. The number of alkyl halides is 1. The van der Waals surface area contributed by atoms with Gasteiger partial charge in [-0.05, 0) is 52.9 Å². The lowest BCUT2D eigenvalue weighted by atomic mass is 9.98. The molecular formula is C28H29F2N5O2S. The Bertz CT molecular complexity index is 1550. The fraction of sp³-hybridized carbons (Fsp3) is 0.286. The molecule has 38 heavy (non-hydrogen) atoms. The first kappa shape index (κ1) is 26.0. The second-order valence-electron chi connectivity index (χ2n) is 9.49. The van der Waals surface area contributed by atoms with Crippen LogP contribution in [0.2, 0.25) is 0 Å². The van der Waals surface area contributed by atoms with Crippen LogP contribution in [0.4, 0.5) is 20.4 Å². The van der Waals surface area contributed by atoms with E-state index in [0.29, 0.717) is 43.0 Å². The highest BCUT2D eigenvalue weighted by Gasteiger charge is 2.22. The van der Waals surface area contributed by atoms with E-state index in [1.165, 1.54) is 12.1 Å². The van der Waals surface area contributed by atoms with Gasteiger partial charge in [0.15, 0.2) is 0 Å². The molecule has 2 heterocycles. The quantitative estimate of drug-likeness (QED) is 0.291. The van der Waals surface area contributed by atoms with Crippen LogP contribution in [0, 0.1) is 5.82 Å². The summed E-state index contributed by atoms with van der Waals surface area (Å²) in [7, 11) is -3.78. The van der Waals surface area contributed by atoms with Crippen molar-refractivity contribution in [3.63, 3.8) is 0 Å². The maximum Gasteiger partial charge on any atom is 0.237 e. The molecule has 1 aliphatic heterocycles. The lowest BCUT2D eigenvalue weighted by Gasteiger charge is -2.26. The molecule has 1 aromatic heterocycles. The van der Waals surface area contributed by atoms with Gasteiger partial charge in [0.05, 0.1) is 17.0 Å². The number of piperidine rings is 1. The maximum absolute atomic E-state index is 15.0. The fourth-order valence-corrected chi connectivity index (χ4v) is 5.89. The topological polar surface area (TPSA) is 96.0 Å². The summed E-state index contributed by atoms with van der Waals surface area (Å²) in [6.07, 6.45) is 1.90. The van der Waals surface area contributed by atoms with Crippen LogP contribution in [0.5, 0.6) is 0 Å². The summed E-state index contributed by atoms with van der Waals surface area (Å²) < 4.78 is 56.2. The van der Waals surface area contributed by atoms with E-state index in [2.05, 4.69) is 25.3 Å². The summed E-state index contributed by atoms with van der Waals surface area (Å²) in [4.78, 5) is 9.10. The average Bonchev–Trinajstić information content (AvgIpc) is 2.89. The van der Waals surface area contributed by atoms with E-state index in [1.54, 1.807) is 42.6 Å². The van der Waals surface area contributed by atoms with Gasteiger partial charge in [0.25, 0.3) is 0 Å². The maximum atomic E-state index is 15.0. The molecule has 0 spiro atoms. The van der Waals surface area contributed by atoms with Gasteiger partial charge in [-0.3, -0.25) is 4.72 Å². The van der Waals surface area contributed by atoms with Crippen molar-refractivity contribution in [3.05, 3.63) is 83.8 Å². The fourth-order valence-electron chi connectivity index (χ4n) is 4.68. The van der Waals surface area contributed by atoms with Gasteiger partial charge < -0.3 is 10.6 Å². The van der Waals surface area contributed by atoms with E-state index in [9.17, 15) is 12.8 Å². The second-order valence-corrected chi connectivity index (χ2v) is 11.2. The van der Waals surface area contributed by atoms with Crippen molar-refractivity contribution >= 4 is 32.6 Å². The first-order chi connectivity index (χ1) is 18.3. The minimum atomic E-state index is -3.78. The number of anilines is 2. The van der Waals surface area contributed by atoms with E-state index in [4.69, 9.17) is 0 Å². The smallest absolute Gasteiger partial charge is 0.237 e. The molecule has 0 aliphatic carbocycles. The van der Waals surface area contributed by atoms with Crippen molar-refractivity contribution in [1.29, 1.82) is 0 Å². The molecule has 0 unspecified atom stereocenters. The van der Waals surface area contributed by atoms with Crippen LogP contribution in [0.1, 0.15) is 24.5 Å². The van der Waals surface area contributed by atoms with Crippen LogP contribution in [0.25, 0.3) is 22.0 Å². The number of rotatable bonds is 8. The summed E-state index contributed by atoms with van der Waals surface area (Å²) in [6.45, 7) is 3.02. The van der Waals surface area contributed by atoms with Crippen LogP contribution in [0.3, 0.4) is 0 Å². The highest BCUT2D eigenvalue weighted by atomic mass is 32.2. The lowest BCUT2D eigenvalue weighted by Crippen LogP contribution is -2.44. The van der Waals surface area contributed by atoms with Gasteiger partial charge in [-0.25, -0.2) is 27.2 Å². The number of nitrogens with zero attached hydrogens (tertiary/aromatic N) is 2. The number of hydrogen-bond acceptors (Lipinski definition) is 6. The third-order valence-electron chi connectivity index (χ3n) is 6.54. The van der Waals surface area contributed by atoms with Gasteiger partial charge in [0.2, 0.25) is 16.0 Å². The van der Waals surface area contributed by atoms with Crippen molar-refractivity contribution in [2.75, 3.05) is 23.1 Å². The van der Waals surface area contributed by atoms with E-state index in [0.717, 1.165) is 22.0 Å². The van der Waals surface area contributed by atoms with Crippen molar-refractivity contribution in [1.82, 2.24) is 15.3 Å². The Balaban J connectivity index is 1.37. The van der Waals surface area contributed by atoms with Crippen molar-refractivity contribution < 1.29 is 17.2 Å². The Morgan fingerprint density at radius 1 is 1.05 bits per heavy atom. The number of nitrogens with one attached hydrogen (secondary N) is 3. The molecule has 0 saturated carbocycles. The minimum Gasteiger partial charge on any atom is -0.350 e. The summed E-state index contributed by atoms with van der Waals surface area (Å²) in [5.74, 6) is -0.471. The van der Waals surface area contributed by atoms with Gasteiger partial charge >= 0.3 is 0 Å². The van der Waals surface area contributed by atoms with E-state index >= 15 is 4.39 Å². The minimum absolute atomic E-state index is 0.0906. The zero-order valence-corrected chi connectivity index (χ0v) is 21.7. The molecule has 0 radical (unpaired) electrons. The molecule has 10 heteroatoms. The molecule has 5 rings (SSSR count). The Kier molecular flexibility index (Phi) is 7.53. The summed E-state index contributed by atoms with van der Waals surface area (Å²) >= 11 is 0. The Morgan fingerprint density at radius 3 is 2.61 bits per heavy atom. The van der Waals surface area contributed by atoms with E-state index < -0.39 is 22.0 Å². The largest absolute Gasteiger partial charge is 0.350 e. The van der Waals surface area contributed by atoms with Crippen molar-refractivity contribution in [2.45, 2.75) is 37.7 Å². The molecule has 7 nitrogen and oxygen atoms in total. The normalized spacial score (nSPS) is 17.9. The molecule has 1 aliphatic rings. The number of fused-ring (bicyclic) bond motifs is 1. The number of aryl methyl sites for hydroxylation is 1. The Labute approximate surface area is 220 Å². The van der Waals surface area contributed by atoms with Gasteiger partial charge in [-0.2, -0.15) is 0 Å². The van der Waals surface area contributed by atoms with E-state index in [1.807, 2.05) is 19.1 Å². The Morgan fingerprint density at radius 2 is 1.87 bits per heavy atom. The molecule has 3 aromatic carbocycles. The van der Waals surface area contributed by atoms with Crippen molar-refractivity contribution in [3.8, 4) is 11.1 Å². The van der Waals surface area contributed by atoms with Crippen LogP contribution in [0.15, 0.2) is 66.9 Å². The standard InChI is InChI=1S/C28H29F2N5O2S/c1-2-19-10-21(11-22-14-32-28(34-27(19)22)33-24-13-23(29)15-31-16-24)20-8-9-26(25(30)12-20)35-38(36,37)17-18-6-4-3-5-7-18/h3-12,14,23-24,31,35H,2,13,15-17H2,1H3,(H,32,33,34)/t23-,24-/m0/s1. The summed E-state index contributed by atoms with van der Waals surface area (Å²) in [6, 6.07) is 16.9. The number of benzene rings is 3. The van der Waals surface area contributed by atoms with Crippen molar-refractivity contribution in [2.24, 2.45) is 0 Å². The van der Waals surface area contributed by atoms with Gasteiger partial charge in [-0.1, -0.05) is 43.3 Å². The average molecular weight is 538 g/mol. The summed E-state index contributed by atoms with van der Waals surface area (Å²) in [5.41, 5.74) is 3.62. The number of hydrogen-bond donors (Lipinski definition) is 3. The third kappa shape index (κ3) is 6.08. The zero-order valence-electron chi connectivity index (χ0n) is 20.9. The molecule has 1 saturated heterocycles. The van der Waals surface area contributed by atoms with Crippen LogP contribution < -0.4 is 15.4 Å². The lowest BCUT2D eigenvalue weighted by molar-refractivity contribution is 0.254. The van der Waals surface area contributed by atoms with Gasteiger partial charge in [-0.15, -0.1) is 0 Å². The molecule has 1 fully saturated rings. The monoisotopic (exact) mass is 537 g/mol. The number of halogens is 2. The zero-order chi connectivity index (χ0) is 26.7. The molecule has 0 amide bonds. The van der Waals surface area contributed by atoms with Gasteiger partial charge in [0.1, 0.15) is 12.0 Å². The highest BCUT2D eigenvalue weighted by molar-refractivity contribution is 7.91. The van der Waals surface area contributed by atoms with Gasteiger partial charge in [0, 0.05) is 37.1 Å². The van der Waals surface area contributed by atoms with Crippen LogP contribution >= 0.6 is 0 Å². The molecule has 0 bridgehead atoms. The first-order valence-electron chi connectivity index (χ1n) is 12.5. The van der Waals surface area contributed by atoms with Crippen LogP contribution in [-0.4, -0.2) is 43.7 Å². The third-order valence-corrected chi connectivity index (χ3v) is 7.78. The molecule has 3 N–H and O–H groups in total. The number of sulfonamides is 1. The molecule has 4 aromatic rings.